The number of benzene rings is 1. The molecular formula is C16H23NO. The van der Waals surface area contributed by atoms with Gasteiger partial charge in [0.15, 0.2) is 0 Å². The average Bonchev–Trinajstić information content (AvgIpc) is 2.94. The first-order chi connectivity index (χ1) is 8.85. The summed E-state index contributed by atoms with van der Waals surface area (Å²) in [4.78, 5) is 0. The van der Waals surface area contributed by atoms with E-state index in [9.17, 15) is 0 Å². The maximum Gasteiger partial charge on any atom is 0.118 e. The zero-order valence-corrected chi connectivity index (χ0v) is 11.4. The SMILES string of the molecule is CCCNC(C1=CCCC1)c1ccc(OC)cc1. The molecule has 1 N–H and O–H groups in total. The summed E-state index contributed by atoms with van der Waals surface area (Å²) in [5.41, 5.74) is 2.89. The molecule has 0 saturated heterocycles. The van der Waals surface area contributed by atoms with Crippen LogP contribution in [0.2, 0.25) is 0 Å². The monoisotopic (exact) mass is 245 g/mol. The van der Waals surface area contributed by atoms with Gasteiger partial charge in [-0.3, -0.25) is 0 Å². The Kier molecular flexibility index (Phi) is 4.82. The number of rotatable bonds is 6. The van der Waals surface area contributed by atoms with E-state index < -0.39 is 0 Å². The van der Waals surface area contributed by atoms with Crippen molar-refractivity contribution in [3.05, 3.63) is 41.5 Å². The third kappa shape index (κ3) is 3.14. The van der Waals surface area contributed by atoms with Crippen molar-refractivity contribution in [2.45, 2.75) is 38.6 Å². The first-order valence-electron chi connectivity index (χ1n) is 6.91. The summed E-state index contributed by atoms with van der Waals surface area (Å²) >= 11 is 0. The Labute approximate surface area is 110 Å². The Morgan fingerprint density at radius 2 is 2.06 bits per heavy atom. The lowest BCUT2D eigenvalue weighted by Crippen LogP contribution is -2.23. The standard InChI is InChI=1S/C16H23NO/c1-3-12-17-16(13-6-4-5-7-13)14-8-10-15(18-2)11-9-14/h6,8-11,16-17H,3-5,7,12H2,1-2H3. The topological polar surface area (TPSA) is 21.3 Å². The number of hydrogen-bond acceptors (Lipinski definition) is 2. The predicted octanol–water partition coefficient (Wildman–Crippen LogP) is 3.85. The van der Waals surface area contributed by atoms with E-state index in [2.05, 4.69) is 30.4 Å². The molecule has 2 heteroatoms. The summed E-state index contributed by atoms with van der Waals surface area (Å²) in [6.45, 7) is 3.27. The summed E-state index contributed by atoms with van der Waals surface area (Å²) in [6, 6.07) is 8.83. The largest absolute Gasteiger partial charge is 0.497 e. The lowest BCUT2D eigenvalue weighted by Gasteiger charge is -2.21. The molecule has 0 spiro atoms. The van der Waals surface area contributed by atoms with Crippen LogP contribution in [-0.2, 0) is 0 Å². The smallest absolute Gasteiger partial charge is 0.118 e. The molecule has 1 unspecified atom stereocenters. The Hall–Kier alpha value is -1.28. The van der Waals surface area contributed by atoms with Crippen molar-refractivity contribution in [2.75, 3.05) is 13.7 Å². The molecule has 2 nitrogen and oxygen atoms in total. The first-order valence-corrected chi connectivity index (χ1v) is 6.91. The zero-order valence-electron chi connectivity index (χ0n) is 11.4. The molecule has 98 valence electrons. The quantitative estimate of drug-likeness (QED) is 0.769. The lowest BCUT2D eigenvalue weighted by atomic mass is 9.98. The zero-order chi connectivity index (χ0) is 12.8. The van der Waals surface area contributed by atoms with Crippen molar-refractivity contribution < 1.29 is 4.74 Å². The van der Waals surface area contributed by atoms with Crippen molar-refractivity contribution in [2.24, 2.45) is 0 Å². The van der Waals surface area contributed by atoms with Crippen LogP contribution < -0.4 is 10.1 Å². The molecule has 0 amide bonds. The third-order valence-corrected chi connectivity index (χ3v) is 3.49. The second-order valence-corrected chi connectivity index (χ2v) is 4.83. The summed E-state index contributed by atoms with van der Waals surface area (Å²) in [5.74, 6) is 0.924. The summed E-state index contributed by atoms with van der Waals surface area (Å²) in [6.07, 6.45) is 7.33. The van der Waals surface area contributed by atoms with E-state index in [1.54, 1.807) is 12.7 Å². The molecule has 0 fully saturated rings. The van der Waals surface area contributed by atoms with Gasteiger partial charge in [-0.05, 0) is 49.9 Å². The van der Waals surface area contributed by atoms with Crippen molar-refractivity contribution in [1.29, 1.82) is 0 Å². The van der Waals surface area contributed by atoms with Crippen LogP contribution in [-0.4, -0.2) is 13.7 Å². The number of ether oxygens (including phenoxy) is 1. The Bertz CT molecular complexity index is 394. The van der Waals surface area contributed by atoms with Gasteiger partial charge in [0, 0.05) is 0 Å². The second kappa shape index (κ2) is 6.60. The maximum atomic E-state index is 5.22. The third-order valence-electron chi connectivity index (χ3n) is 3.49. The highest BCUT2D eigenvalue weighted by atomic mass is 16.5. The number of hydrogen-bond donors (Lipinski definition) is 1. The van der Waals surface area contributed by atoms with E-state index in [-0.39, 0.29) is 0 Å². The Balaban J connectivity index is 2.15. The molecule has 0 saturated carbocycles. The van der Waals surface area contributed by atoms with Crippen LogP contribution in [0, 0.1) is 0 Å². The molecule has 1 atom stereocenters. The molecule has 2 rings (SSSR count). The van der Waals surface area contributed by atoms with Gasteiger partial charge in [0.25, 0.3) is 0 Å². The van der Waals surface area contributed by atoms with Crippen molar-refractivity contribution in [1.82, 2.24) is 5.32 Å². The molecule has 18 heavy (non-hydrogen) atoms. The normalized spacial score (nSPS) is 16.4. The van der Waals surface area contributed by atoms with Crippen LogP contribution in [0.5, 0.6) is 5.75 Å². The highest BCUT2D eigenvalue weighted by molar-refractivity contribution is 5.34. The van der Waals surface area contributed by atoms with E-state index in [0.29, 0.717) is 6.04 Å². The van der Waals surface area contributed by atoms with Crippen molar-refractivity contribution >= 4 is 0 Å². The van der Waals surface area contributed by atoms with Gasteiger partial charge in [0.2, 0.25) is 0 Å². The maximum absolute atomic E-state index is 5.22. The van der Waals surface area contributed by atoms with E-state index in [1.807, 2.05) is 12.1 Å². The summed E-state index contributed by atoms with van der Waals surface area (Å²) < 4.78 is 5.22. The molecule has 1 aliphatic rings. The van der Waals surface area contributed by atoms with Gasteiger partial charge in [-0.1, -0.05) is 30.7 Å². The Morgan fingerprint density at radius 1 is 1.28 bits per heavy atom. The van der Waals surface area contributed by atoms with Gasteiger partial charge in [0.05, 0.1) is 13.2 Å². The minimum atomic E-state index is 0.387. The highest BCUT2D eigenvalue weighted by Crippen LogP contribution is 2.31. The van der Waals surface area contributed by atoms with Gasteiger partial charge < -0.3 is 10.1 Å². The fourth-order valence-corrected chi connectivity index (χ4v) is 2.51. The predicted molar refractivity (Wildman–Crippen MR) is 76.0 cm³/mol. The van der Waals surface area contributed by atoms with Crippen LogP contribution in [0.25, 0.3) is 0 Å². The fraction of sp³-hybridized carbons (Fsp3) is 0.500. The molecule has 1 aliphatic carbocycles. The summed E-state index contributed by atoms with van der Waals surface area (Å²) in [5, 5.41) is 3.66. The molecule has 0 bridgehead atoms. The van der Waals surface area contributed by atoms with Gasteiger partial charge in [-0.15, -0.1) is 0 Å². The van der Waals surface area contributed by atoms with E-state index in [1.165, 1.54) is 31.2 Å². The number of methoxy groups -OCH3 is 1. The molecular weight excluding hydrogens is 222 g/mol. The average molecular weight is 245 g/mol. The first kappa shape index (κ1) is 13.2. The fourth-order valence-electron chi connectivity index (χ4n) is 2.51. The number of allylic oxidation sites excluding steroid dienone is 1. The van der Waals surface area contributed by atoms with Gasteiger partial charge in [0.1, 0.15) is 5.75 Å². The van der Waals surface area contributed by atoms with Crippen molar-refractivity contribution in [3.63, 3.8) is 0 Å². The molecule has 0 aromatic heterocycles. The highest BCUT2D eigenvalue weighted by Gasteiger charge is 2.18. The molecule has 1 aromatic rings. The molecule has 1 aromatic carbocycles. The van der Waals surface area contributed by atoms with E-state index in [0.717, 1.165) is 12.3 Å². The minimum absolute atomic E-state index is 0.387. The van der Waals surface area contributed by atoms with Crippen LogP contribution in [0.4, 0.5) is 0 Å². The van der Waals surface area contributed by atoms with Gasteiger partial charge in [-0.25, -0.2) is 0 Å². The summed E-state index contributed by atoms with van der Waals surface area (Å²) in [7, 11) is 1.71. The molecule has 0 aliphatic heterocycles. The van der Waals surface area contributed by atoms with Gasteiger partial charge in [-0.2, -0.15) is 0 Å². The number of nitrogens with one attached hydrogen (secondary N) is 1. The second-order valence-electron chi connectivity index (χ2n) is 4.83. The van der Waals surface area contributed by atoms with Crippen LogP contribution in [0.1, 0.15) is 44.2 Å². The lowest BCUT2D eigenvalue weighted by molar-refractivity contribution is 0.414. The van der Waals surface area contributed by atoms with E-state index in [4.69, 9.17) is 4.74 Å². The van der Waals surface area contributed by atoms with E-state index >= 15 is 0 Å². The van der Waals surface area contributed by atoms with Gasteiger partial charge >= 0.3 is 0 Å². The molecule has 0 radical (unpaired) electrons. The molecule has 0 heterocycles. The Morgan fingerprint density at radius 3 is 2.61 bits per heavy atom. The van der Waals surface area contributed by atoms with Crippen LogP contribution >= 0.6 is 0 Å². The van der Waals surface area contributed by atoms with Crippen molar-refractivity contribution in [3.8, 4) is 5.75 Å². The minimum Gasteiger partial charge on any atom is -0.497 e. The van der Waals surface area contributed by atoms with Crippen LogP contribution in [0.3, 0.4) is 0 Å². The van der Waals surface area contributed by atoms with Crippen LogP contribution in [0.15, 0.2) is 35.9 Å².